The first kappa shape index (κ1) is 14.2. The van der Waals surface area contributed by atoms with Crippen LogP contribution in [0.1, 0.15) is 12.5 Å². The summed E-state index contributed by atoms with van der Waals surface area (Å²) in [6.07, 6.45) is 7.66. The normalized spacial score (nSPS) is 10.4. The number of nitrogens with two attached hydrogens (primary N) is 1. The van der Waals surface area contributed by atoms with Crippen LogP contribution in [0.5, 0.6) is 0 Å². The first-order chi connectivity index (χ1) is 8.60. The maximum atomic E-state index is 8.95. The highest BCUT2D eigenvalue weighted by Crippen LogP contribution is 2.13. The number of hydrogen-bond donors (Lipinski definition) is 2. The van der Waals surface area contributed by atoms with Crippen molar-refractivity contribution in [2.75, 3.05) is 25.9 Å². The second kappa shape index (κ2) is 6.74. The van der Waals surface area contributed by atoms with Crippen LogP contribution in [0, 0.1) is 0 Å². The highest BCUT2D eigenvalue weighted by atomic mass is 16.3. The van der Waals surface area contributed by atoms with Crippen LogP contribution in [0.3, 0.4) is 0 Å². The van der Waals surface area contributed by atoms with Crippen molar-refractivity contribution in [3.05, 3.63) is 41.4 Å². The first-order valence-electron chi connectivity index (χ1n) is 5.92. The van der Waals surface area contributed by atoms with Gasteiger partial charge in [-0.2, -0.15) is 0 Å². The van der Waals surface area contributed by atoms with E-state index in [9.17, 15) is 0 Å². The maximum absolute atomic E-state index is 8.95. The molecule has 1 aromatic rings. The number of likely N-dealkylation sites (N-methyl/N-ethyl adjacent to an activating group) is 1. The molecule has 0 saturated heterocycles. The van der Waals surface area contributed by atoms with E-state index in [1.807, 2.05) is 61.0 Å². The Hall–Kier alpha value is -1.90. The van der Waals surface area contributed by atoms with Gasteiger partial charge in [0, 0.05) is 32.4 Å². The molecule has 1 aromatic heterocycles. The van der Waals surface area contributed by atoms with Crippen molar-refractivity contribution >= 4 is 11.9 Å². The van der Waals surface area contributed by atoms with E-state index in [0.717, 1.165) is 11.3 Å². The molecular formula is C14H21N3O. The van der Waals surface area contributed by atoms with Crippen molar-refractivity contribution in [3.8, 4) is 0 Å². The molecule has 0 saturated carbocycles. The van der Waals surface area contributed by atoms with Crippen molar-refractivity contribution in [2.24, 2.45) is 7.05 Å². The molecule has 0 aliphatic carbocycles. The number of aromatic nitrogens is 1. The topological polar surface area (TPSA) is 54.4 Å². The zero-order chi connectivity index (χ0) is 13.5. The molecule has 0 amide bonds. The number of rotatable bonds is 5. The van der Waals surface area contributed by atoms with E-state index >= 15 is 0 Å². The number of aliphatic hydroxyl groups is 1. The van der Waals surface area contributed by atoms with Gasteiger partial charge in [0.15, 0.2) is 0 Å². The molecule has 4 heteroatoms. The second-order valence-electron chi connectivity index (χ2n) is 4.09. The first-order valence-corrected chi connectivity index (χ1v) is 5.92. The number of aryl methyl sites for hydroxylation is 1. The Bertz CT molecular complexity index is 479. The molecule has 98 valence electrons. The van der Waals surface area contributed by atoms with E-state index in [1.54, 1.807) is 0 Å². The number of allylic oxidation sites excluding steroid dienone is 2. The molecule has 18 heavy (non-hydrogen) atoms. The summed E-state index contributed by atoms with van der Waals surface area (Å²) < 4.78 is 1.86. The minimum absolute atomic E-state index is 0.118. The lowest BCUT2D eigenvalue weighted by Crippen LogP contribution is -2.19. The summed E-state index contributed by atoms with van der Waals surface area (Å²) in [6, 6.07) is 1.95. The fourth-order valence-electron chi connectivity index (χ4n) is 1.55. The molecule has 0 fully saturated rings. The molecule has 1 heterocycles. The minimum Gasteiger partial charge on any atom is -0.395 e. The Morgan fingerprint density at radius 2 is 2.33 bits per heavy atom. The van der Waals surface area contributed by atoms with Crippen LogP contribution in [0.2, 0.25) is 0 Å². The Balaban J connectivity index is 3.04. The van der Waals surface area contributed by atoms with Gasteiger partial charge in [-0.15, -0.1) is 0 Å². The Labute approximate surface area is 108 Å². The van der Waals surface area contributed by atoms with E-state index in [0.29, 0.717) is 12.4 Å². The zero-order valence-corrected chi connectivity index (χ0v) is 11.2. The molecule has 0 unspecified atom stereocenters. The number of nitrogens with zero attached hydrogens (tertiary/aromatic N) is 2. The summed E-state index contributed by atoms with van der Waals surface area (Å²) in [6.45, 7) is 2.64. The van der Waals surface area contributed by atoms with E-state index in [-0.39, 0.29) is 6.61 Å². The molecule has 0 aliphatic heterocycles. The molecule has 0 spiro atoms. The zero-order valence-electron chi connectivity index (χ0n) is 11.2. The molecule has 0 atom stereocenters. The highest BCUT2D eigenvalue weighted by Gasteiger charge is 2.00. The van der Waals surface area contributed by atoms with E-state index in [1.165, 1.54) is 0 Å². The monoisotopic (exact) mass is 247 g/mol. The van der Waals surface area contributed by atoms with Crippen molar-refractivity contribution in [2.45, 2.75) is 6.92 Å². The van der Waals surface area contributed by atoms with Crippen LogP contribution >= 0.6 is 0 Å². The summed E-state index contributed by atoms with van der Waals surface area (Å²) in [5, 5.41) is 8.95. The molecule has 0 aliphatic rings. The summed E-state index contributed by atoms with van der Waals surface area (Å²) in [5.41, 5.74) is 11.0. The van der Waals surface area contributed by atoms with Gasteiger partial charge >= 0.3 is 0 Å². The van der Waals surface area contributed by atoms with Crippen LogP contribution in [0.25, 0.3) is 6.08 Å². The third-order valence-electron chi connectivity index (χ3n) is 2.70. The van der Waals surface area contributed by atoms with Gasteiger partial charge in [-0.3, -0.25) is 0 Å². The number of anilines is 1. The summed E-state index contributed by atoms with van der Waals surface area (Å²) >= 11 is 0. The molecular weight excluding hydrogens is 226 g/mol. The van der Waals surface area contributed by atoms with Gasteiger partial charge in [0.1, 0.15) is 5.82 Å². The van der Waals surface area contributed by atoms with E-state index in [4.69, 9.17) is 10.8 Å². The highest BCUT2D eigenvalue weighted by molar-refractivity contribution is 5.62. The van der Waals surface area contributed by atoms with Crippen LogP contribution in [-0.2, 0) is 7.05 Å². The Kier molecular flexibility index (Phi) is 5.31. The lowest BCUT2D eigenvalue weighted by Gasteiger charge is -2.16. The smallest absolute Gasteiger partial charge is 0.111 e. The van der Waals surface area contributed by atoms with Gasteiger partial charge in [-0.05, 0) is 25.1 Å². The molecule has 4 nitrogen and oxygen atoms in total. The fourth-order valence-corrected chi connectivity index (χ4v) is 1.55. The minimum atomic E-state index is 0.118. The van der Waals surface area contributed by atoms with Crippen molar-refractivity contribution in [1.82, 2.24) is 9.47 Å². The third kappa shape index (κ3) is 3.55. The van der Waals surface area contributed by atoms with Crippen molar-refractivity contribution < 1.29 is 5.11 Å². The predicted octanol–water partition coefficient (Wildman–Crippen LogP) is 1.60. The summed E-state index contributed by atoms with van der Waals surface area (Å²) in [5.74, 6) is 0.715. The Morgan fingerprint density at radius 3 is 2.83 bits per heavy atom. The summed E-state index contributed by atoms with van der Waals surface area (Å²) in [4.78, 5) is 1.94. The van der Waals surface area contributed by atoms with E-state index in [2.05, 4.69) is 5.73 Å². The van der Waals surface area contributed by atoms with Gasteiger partial charge in [-0.1, -0.05) is 11.8 Å². The lowest BCUT2D eigenvalue weighted by atomic mass is 10.2. The van der Waals surface area contributed by atoms with Crippen LogP contribution in [0.4, 0.5) is 5.82 Å². The fraction of sp³-hybridized carbons (Fsp3) is 0.357. The van der Waals surface area contributed by atoms with Crippen LogP contribution < -0.4 is 5.73 Å². The number of hydrogen-bond acceptors (Lipinski definition) is 3. The van der Waals surface area contributed by atoms with Crippen LogP contribution in [0.15, 0.2) is 35.8 Å². The quantitative estimate of drug-likeness (QED) is 0.614. The predicted molar refractivity (Wildman–Crippen MR) is 75.8 cm³/mol. The van der Waals surface area contributed by atoms with Gasteiger partial charge in [-0.25, -0.2) is 0 Å². The lowest BCUT2D eigenvalue weighted by molar-refractivity contribution is 0.249. The summed E-state index contributed by atoms with van der Waals surface area (Å²) in [7, 11) is 3.82. The van der Waals surface area contributed by atoms with Crippen molar-refractivity contribution in [3.63, 3.8) is 0 Å². The van der Waals surface area contributed by atoms with Gasteiger partial charge in [0.2, 0.25) is 0 Å². The SMILES string of the molecule is CC=CC(=C=Cc1ccn(C)c1N)N(C)CCO. The standard InChI is InChI=1S/C14H21N3O/c1-4-5-13(16(2)10-11-18)7-6-12-8-9-17(3)14(12)15/h4-6,8-9,18H,10-11,15H2,1-3H3. The van der Waals surface area contributed by atoms with Gasteiger partial charge in [0.25, 0.3) is 0 Å². The number of nitrogen functional groups attached to an aromatic ring is 1. The largest absolute Gasteiger partial charge is 0.395 e. The molecule has 1 rings (SSSR count). The molecule has 0 aromatic carbocycles. The molecule has 3 N–H and O–H groups in total. The van der Waals surface area contributed by atoms with Crippen LogP contribution in [-0.4, -0.2) is 34.8 Å². The third-order valence-corrected chi connectivity index (χ3v) is 2.70. The van der Waals surface area contributed by atoms with Gasteiger partial charge in [0.05, 0.1) is 12.3 Å². The number of aliphatic hydroxyl groups excluding tert-OH is 1. The average Bonchev–Trinajstić information content (AvgIpc) is 2.66. The molecule has 0 bridgehead atoms. The van der Waals surface area contributed by atoms with Gasteiger partial charge < -0.3 is 20.3 Å². The molecule has 0 radical (unpaired) electrons. The maximum Gasteiger partial charge on any atom is 0.111 e. The second-order valence-corrected chi connectivity index (χ2v) is 4.09. The Morgan fingerprint density at radius 1 is 1.61 bits per heavy atom. The average molecular weight is 247 g/mol. The van der Waals surface area contributed by atoms with E-state index < -0.39 is 0 Å². The van der Waals surface area contributed by atoms with Crippen molar-refractivity contribution in [1.29, 1.82) is 0 Å².